The molecule has 2 rings (SSSR count). The van der Waals surface area contributed by atoms with Gasteiger partial charge in [0.2, 0.25) is 0 Å². The SMILES string of the molecule is C=C1C(=O)N(CCc2ccccc2)CC1O. The van der Waals surface area contributed by atoms with Crippen LogP contribution < -0.4 is 0 Å². The molecule has 3 nitrogen and oxygen atoms in total. The molecule has 1 aromatic rings. The lowest BCUT2D eigenvalue weighted by molar-refractivity contribution is -0.124. The van der Waals surface area contributed by atoms with Crippen molar-refractivity contribution < 1.29 is 9.90 Å². The van der Waals surface area contributed by atoms with Crippen molar-refractivity contribution in [2.24, 2.45) is 0 Å². The number of β-amino-alcohol motifs (C(OH)–C–C–N with tert-alkyl or cyclic N) is 1. The molecular formula is C13H15NO2. The maximum atomic E-state index is 11.6. The molecule has 1 aliphatic rings. The summed E-state index contributed by atoms with van der Waals surface area (Å²) in [5.41, 5.74) is 1.51. The molecule has 1 N–H and O–H groups in total. The standard InChI is InChI=1S/C13H15NO2/c1-10-12(15)9-14(13(10)16)8-7-11-5-3-2-4-6-11/h2-6,12,15H,1,7-9H2. The number of hydrogen-bond donors (Lipinski definition) is 1. The van der Waals surface area contributed by atoms with Gasteiger partial charge in [-0.25, -0.2) is 0 Å². The third kappa shape index (κ3) is 2.14. The zero-order valence-electron chi connectivity index (χ0n) is 9.10. The van der Waals surface area contributed by atoms with E-state index in [2.05, 4.69) is 6.58 Å². The van der Waals surface area contributed by atoms with Crippen molar-refractivity contribution in [3.63, 3.8) is 0 Å². The summed E-state index contributed by atoms with van der Waals surface area (Å²) < 4.78 is 0. The van der Waals surface area contributed by atoms with Crippen LogP contribution in [0.4, 0.5) is 0 Å². The topological polar surface area (TPSA) is 40.5 Å². The minimum atomic E-state index is -0.691. The molecule has 0 radical (unpaired) electrons. The van der Waals surface area contributed by atoms with Crippen LogP contribution in [0.3, 0.4) is 0 Å². The van der Waals surface area contributed by atoms with E-state index >= 15 is 0 Å². The molecule has 1 saturated heterocycles. The van der Waals surface area contributed by atoms with Crippen LogP contribution >= 0.6 is 0 Å². The highest BCUT2D eigenvalue weighted by molar-refractivity contribution is 5.96. The summed E-state index contributed by atoms with van der Waals surface area (Å²) in [6.45, 7) is 4.60. The molecule has 16 heavy (non-hydrogen) atoms. The molecule has 3 heteroatoms. The number of nitrogens with zero attached hydrogens (tertiary/aromatic N) is 1. The van der Waals surface area contributed by atoms with E-state index < -0.39 is 6.10 Å². The number of carbonyl (C=O) groups excluding carboxylic acids is 1. The number of amides is 1. The van der Waals surface area contributed by atoms with Crippen molar-refractivity contribution in [1.29, 1.82) is 0 Å². The van der Waals surface area contributed by atoms with E-state index in [4.69, 9.17) is 0 Å². The average molecular weight is 217 g/mol. The maximum absolute atomic E-state index is 11.6. The predicted octanol–water partition coefficient (Wildman–Crippen LogP) is 0.988. The van der Waals surface area contributed by atoms with Gasteiger partial charge in [0.05, 0.1) is 6.54 Å². The molecule has 0 bridgehead atoms. The van der Waals surface area contributed by atoms with Crippen LogP contribution in [0.25, 0.3) is 0 Å². The van der Waals surface area contributed by atoms with E-state index in [0.29, 0.717) is 18.7 Å². The fourth-order valence-corrected chi connectivity index (χ4v) is 1.85. The Kier molecular flexibility index (Phi) is 3.06. The van der Waals surface area contributed by atoms with Crippen LogP contribution in [-0.2, 0) is 11.2 Å². The normalized spacial score (nSPS) is 20.6. The van der Waals surface area contributed by atoms with Crippen molar-refractivity contribution >= 4 is 5.91 Å². The summed E-state index contributed by atoms with van der Waals surface area (Å²) in [7, 11) is 0. The fraction of sp³-hybridized carbons (Fsp3) is 0.308. The van der Waals surface area contributed by atoms with Gasteiger partial charge in [0.1, 0.15) is 6.10 Å². The summed E-state index contributed by atoms with van der Waals surface area (Å²) >= 11 is 0. The number of hydrogen-bond acceptors (Lipinski definition) is 2. The highest BCUT2D eigenvalue weighted by Gasteiger charge is 2.31. The van der Waals surface area contributed by atoms with Crippen LogP contribution in [0, 0.1) is 0 Å². The summed E-state index contributed by atoms with van der Waals surface area (Å²) in [5, 5.41) is 9.47. The van der Waals surface area contributed by atoms with E-state index in [9.17, 15) is 9.90 Å². The number of carbonyl (C=O) groups is 1. The third-order valence-electron chi connectivity index (χ3n) is 2.87. The number of rotatable bonds is 3. The molecule has 0 saturated carbocycles. The lowest BCUT2D eigenvalue weighted by atomic mass is 10.1. The van der Waals surface area contributed by atoms with Crippen molar-refractivity contribution in [3.8, 4) is 0 Å². The molecule has 84 valence electrons. The molecule has 1 aromatic carbocycles. The second kappa shape index (κ2) is 4.49. The van der Waals surface area contributed by atoms with Gasteiger partial charge < -0.3 is 10.0 Å². The van der Waals surface area contributed by atoms with Crippen LogP contribution in [0.15, 0.2) is 42.5 Å². The molecular weight excluding hydrogens is 202 g/mol. The number of benzene rings is 1. The number of aliphatic hydroxyl groups excluding tert-OH is 1. The molecule has 1 atom stereocenters. The van der Waals surface area contributed by atoms with Gasteiger partial charge in [-0.05, 0) is 12.0 Å². The van der Waals surface area contributed by atoms with Gasteiger partial charge in [-0.1, -0.05) is 36.9 Å². The quantitative estimate of drug-likeness (QED) is 0.767. The maximum Gasteiger partial charge on any atom is 0.251 e. The second-order valence-electron chi connectivity index (χ2n) is 4.03. The van der Waals surface area contributed by atoms with E-state index in [-0.39, 0.29) is 5.91 Å². The Bertz CT molecular complexity index is 400. The molecule has 1 aliphatic heterocycles. The minimum Gasteiger partial charge on any atom is -0.386 e. The molecule has 1 heterocycles. The van der Waals surface area contributed by atoms with E-state index in [0.717, 1.165) is 6.42 Å². The Morgan fingerprint density at radius 3 is 2.62 bits per heavy atom. The van der Waals surface area contributed by atoms with Gasteiger partial charge in [0.15, 0.2) is 0 Å². The van der Waals surface area contributed by atoms with Crippen molar-refractivity contribution in [2.75, 3.05) is 13.1 Å². The fourth-order valence-electron chi connectivity index (χ4n) is 1.85. The smallest absolute Gasteiger partial charge is 0.251 e. The molecule has 1 fully saturated rings. The summed E-state index contributed by atoms with van der Waals surface area (Å²) in [6.07, 6.45) is 0.121. The lowest BCUT2D eigenvalue weighted by Gasteiger charge is -2.14. The monoisotopic (exact) mass is 217 g/mol. The van der Waals surface area contributed by atoms with Crippen molar-refractivity contribution in [2.45, 2.75) is 12.5 Å². The Morgan fingerprint density at radius 1 is 1.38 bits per heavy atom. The number of aliphatic hydroxyl groups is 1. The first-order valence-corrected chi connectivity index (χ1v) is 5.38. The van der Waals surface area contributed by atoms with Gasteiger partial charge in [0, 0.05) is 12.1 Å². The largest absolute Gasteiger partial charge is 0.386 e. The van der Waals surface area contributed by atoms with Crippen molar-refractivity contribution in [3.05, 3.63) is 48.0 Å². The van der Waals surface area contributed by atoms with E-state index in [1.54, 1.807) is 4.90 Å². The predicted molar refractivity (Wildman–Crippen MR) is 61.9 cm³/mol. The van der Waals surface area contributed by atoms with Gasteiger partial charge in [-0.3, -0.25) is 4.79 Å². The van der Waals surface area contributed by atoms with E-state index in [1.165, 1.54) is 5.56 Å². The Morgan fingerprint density at radius 2 is 2.06 bits per heavy atom. The minimum absolute atomic E-state index is 0.122. The highest BCUT2D eigenvalue weighted by atomic mass is 16.3. The molecule has 1 unspecified atom stereocenters. The Labute approximate surface area is 95.0 Å². The lowest BCUT2D eigenvalue weighted by Crippen LogP contribution is -2.28. The highest BCUT2D eigenvalue weighted by Crippen LogP contribution is 2.16. The van der Waals surface area contributed by atoms with E-state index in [1.807, 2.05) is 30.3 Å². The second-order valence-corrected chi connectivity index (χ2v) is 4.03. The Balaban J connectivity index is 1.93. The van der Waals surface area contributed by atoms with Crippen LogP contribution in [0.5, 0.6) is 0 Å². The zero-order chi connectivity index (χ0) is 11.5. The van der Waals surface area contributed by atoms with Gasteiger partial charge >= 0.3 is 0 Å². The number of likely N-dealkylation sites (tertiary alicyclic amines) is 1. The molecule has 1 amide bonds. The Hall–Kier alpha value is -1.61. The summed E-state index contributed by atoms with van der Waals surface area (Å²) in [6, 6.07) is 10.00. The van der Waals surface area contributed by atoms with Crippen molar-refractivity contribution in [1.82, 2.24) is 4.90 Å². The first-order chi connectivity index (χ1) is 7.68. The average Bonchev–Trinajstić information content (AvgIpc) is 2.56. The molecule has 0 aromatic heterocycles. The third-order valence-corrected chi connectivity index (χ3v) is 2.87. The first kappa shape index (κ1) is 10.9. The van der Waals surface area contributed by atoms with Crippen LogP contribution in [0.1, 0.15) is 5.56 Å². The summed E-state index contributed by atoms with van der Waals surface area (Å²) in [5.74, 6) is -0.122. The van der Waals surface area contributed by atoms with Gasteiger partial charge in [-0.2, -0.15) is 0 Å². The summed E-state index contributed by atoms with van der Waals surface area (Å²) in [4.78, 5) is 13.3. The van der Waals surface area contributed by atoms with Gasteiger partial charge in [0.25, 0.3) is 5.91 Å². The molecule has 0 spiro atoms. The first-order valence-electron chi connectivity index (χ1n) is 5.38. The zero-order valence-corrected chi connectivity index (χ0v) is 9.10. The van der Waals surface area contributed by atoms with Crippen LogP contribution in [-0.4, -0.2) is 35.1 Å². The van der Waals surface area contributed by atoms with Gasteiger partial charge in [-0.15, -0.1) is 0 Å². The molecule has 0 aliphatic carbocycles. The van der Waals surface area contributed by atoms with Crippen LogP contribution in [0.2, 0.25) is 0 Å².